The van der Waals surface area contributed by atoms with E-state index in [0.717, 1.165) is 6.42 Å². The quantitative estimate of drug-likeness (QED) is 0.560. The maximum atomic E-state index is 11.7. The minimum Gasteiger partial charge on any atom is -0.481 e. The smallest absolute Gasteiger partial charge is 0.315 e. The number of hydrogen-bond donors (Lipinski definition) is 4. The van der Waals surface area contributed by atoms with Gasteiger partial charge in [0.2, 0.25) is 5.91 Å². The normalized spacial score (nSPS) is 19.9. The highest BCUT2D eigenvalue weighted by molar-refractivity contribution is 5.87. The predicted octanol–water partition coefficient (Wildman–Crippen LogP) is -0.182. The molecule has 0 aromatic rings. The molecule has 1 rings (SSSR count). The van der Waals surface area contributed by atoms with Crippen molar-refractivity contribution in [2.24, 2.45) is 0 Å². The highest BCUT2D eigenvalue weighted by atomic mass is 16.4. The van der Waals surface area contributed by atoms with E-state index >= 15 is 0 Å². The third kappa shape index (κ3) is 4.60. The third-order valence-electron chi connectivity index (χ3n) is 2.64. The molecule has 3 amide bonds. The Morgan fingerprint density at radius 1 is 1.50 bits per heavy atom. The summed E-state index contributed by atoms with van der Waals surface area (Å²) in [6.45, 7) is 3.85. The van der Waals surface area contributed by atoms with Crippen LogP contribution in [0.15, 0.2) is 0 Å². The highest BCUT2D eigenvalue weighted by Gasteiger charge is 2.27. The maximum Gasteiger partial charge on any atom is 0.315 e. The van der Waals surface area contributed by atoms with Gasteiger partial charge in [0, 0.05) is 12.1 Å². The summed E-state index contributed by atoms with van der Waals surface area (Å²) >= 11 is 0. The molecule has 0 spiro atoms. The second-order valence-corrected chi connectivity index (χ2v) is 5.04. The lowest BCUT2D eigenvalue weighted by molar-refractivity contribution is -0.138. The van der Waals surface area contributed by atoms with E-state index in [4.69, 9.17) is 5.11 Å². The summed E-state index contributed by atoms with van der Waals surface area (Å²) in [5.74, 6) is -1.19. The van der Waals surface area contributed by atoms with Crippen LogP contribution in [0.25, 0.3) is 0 Å². The van der Waals surface area contributed by atoms with E-state index in [1.807, 2.05) is 0 Å². The molecule has 102 valence electrons. The molecule has 7 nitrogen and oxygen atoms in total. The molecule has 0 saturated carbocycles. The minimum absolute atomic E-state index is 0.183. The van der Waals surface area contributed by atoms with Crippen molar-refractivity contribution in [3.63, 3.8) is 0 Å². The fourth-order valence-corrected chi connectivity index (χ4v) is 1.83. The molecule has 4 N–H and O–H groups in total. The first-order valence-electron chi connectivity index (χ1n) is 5.88. The fraction of sp³-hybridized carbons (Fsp3) is 0.727. The molecule has 1 saturated heterocycles. The zero-order valence-electron chi connectivity index (χ0n) is 10.6. The van der Waals surface area contributed by atoms with Gasteiger partial charge in [0.1, 0.15) is 6.04 Å². The average Bonchev–Trinajstić information content (AvgIpc) is 2.18. The molecule has 0 aromatic carbocycles. The number of carboxylic acid groups (broad SMARTS) is 1. The Labute approximate surface area is 105 Å². The van der Waals surface area contributed by atoms with Gasteiger partial charge in [-0.05, 0) is 26.7 Å². The number of hydrogen-bond acceptors (Lipinski definition) is 3. The summed E-state index contributed by atoms with van der Waals surface area (Å²) in [6.07, 6.45) is 1.23. The Morgan fingerprint density at radius 2 is 2.17 bits per heavy atom. The van der Waals surface area contributed by atoms with E-state index in [9.17, 15) is 14.4 Å². The lowest BCUT2D eigenvalue weighted by atomic mass is 10.0. The molecule has 1 unspecified atom stereocenters. The number of carbonyl (C=O) groups excluding carboxylic acids is 2. The van der Waals surface area contributed by atoms with Crippen LogP contribution in [0.1, 0.15) is 33.1 Å². The average molecular weight is 257 g/mol. The van der Waals surface area contributed by atoms with Crippen molar-refractivity contribution in [3.05, 3.63) is 0 Å². The number of piperidine rings is 1. The number of amides is 3. The minimum atomic E-state index is -0.990. The molecule has 1 fully saturated rings. The van der Waals surface area contributed by atoms with Crippen molar-refractivity contribution in [2.75, 3.05) is 6.54 Å². The summed E-state index contributed by atoms with van der Waals surface area (Å²) in [6, 6.07) is -1.07. The van der Waals surface area contributed by atoms with Crippen LogP contribution in [0.3, 0.4) is 0 Å². The Kier molecular flexibility index (Phi) is 4.52. The van der Waals surface area contributed by atoms with Gasteiger partial charge in [-0.25, -0.2) is 4.79 Å². The first kappa shape index (κ1) is 14.3. The second kappa shape index (κ2) is 5.70. The van der Waals surface area contributed by atoms with Crippen molar-refractivity contribution >= 4 is 17.9 Å². The predicted molar refractivity (Wildman–Crippen MR) is 64.0 cm³/mol. The van der Waals surface area contributed by atoms with Gasteiger partial charge in [-0.1, -0.05) is 0 Å². The molecule has 0 radical (unpaired) electrons. The van der Waals surface area contributed by atoms with Crippen molar-refractivity contribution in [1.82, 2.24) is 16.0 Å². The Morgan fingerprint density at radius 3 is 2.72 bits per heavy atom. The van der Waals surface area contributed by atoms with Gasteiger partial charge in [-0.3, -0.25) is 9.59 Å². The zero-order chi connectivity index (χ0) is 13.8. The molecular weight excluding hydrogens is 238 g/mol. The van der Waals surface area contributed by atoms with Crippen LogP contribution < -0.4 is 16.0 Å². The number of urea groups is 1. The molecule has 18 heavy (non-hydrogen) atoms. The van der Waals surface area contributed by atoms with Gasteiger partial charge < -0.3 is 21.1 Å². The number of carbonyl (C=O) groups is 3. The lowest BCUT2D eigenvalue weighted by Crippen LogP contribution is -2.56. The van der Waals surface area contributed by atoms with Crippen LogP contribution in [0.5, 0.6) is 0 Å². The van der Waals surface area contributed by atoms with Gasteiger partial charge >= 0.3 is 12.0 Å². The molecule has 1 aliphatic heterocycles. The van der Waals surface area contributed by atoms with Crippen molar-refractivity contribution in [2.45, 2.75) is 44.7 Å². The van der Waals surface area contributed by atoms with Gasteiger partial charge in [0.25, 0.3) is 0 Å². The van der Waals surface area contributed by atoms with Crippen molar-refractivity contribution < 1.29 is 19.5 Å². The zero-order valence-corrected chi connectivity index (χ0v) is 10.6. The maximum absolute atomic E-state index is 11.7. The van der Waals surface area contributed by atoms with Gasteiger partial charge in [-0.2, -0.15) is 0 Å². The SMILES string of the molecule is CC(C)(CC(=O)O)NC(=O)NC1CCCNC1=O. The number of aliphatic carboxylic acids is 1. The van der Waals surface area contributed by atoms with E-state index < -0.39 is 23.6 Å². The summed E-state index contributed by atoms with van der Waals surface area (Å²) < 4.78 is 0. The number of nitrogens with one attached hydrogen (secondary N) is 3. The second-order valence-electron chi connectivity index (χ2n) is 5.04. The van der Waals surface area contributed by atoms with Crippen molar-refractivity contribution in [3.8, 4) is 0 Å². The summed E-state index contributed by atoms with van der Waals surface area (Å²) in [4.78, 5) is 33.7. The molecule has 1 aliphatic rings. The first-order valence-corrected chi connectivity index (χ1v) is 5.88. The van der Waals surface area contributed by atoms with Crippen LogP contribution in [-0.4, -0.2) is 41.1 Å². The van der Waals surface area contributed by atoms with Gasteiger partial charge in [0.15, 0.2) is 0 Å². The standard InChI is InChI=1S/C11H19N3O4/c1-11(2,6-8(15)16)14-10(18)13-7-4-3-5-12-9(7)17/h7H,3-6H2,1-2H3,(H,12,17)(H,15,16)(H2,13,14,18). The molecule has 7 heteroatoms. The van der Waals surface area contributed by atoms with Crippen LogP contribution in [0, 0.1) is 0 Å². The Hall–Kier alpha value is -1.79. The topological polar surface area (TPSA) is 108 Å². The molecule has 0 aromatic heterocycles. The van der Waals surface area contributed by atoms with E-state index in [-0.39, 0.29) is 12.3 Å². The third-order valence-corrected chi connectivity index (χ3v) is 2.64. The monoisotopic (exact) mass is 257 g/mol. The first-order chi connectivity index (χ1) is 8.30. The van der Waals surface area contributed by atoms with Gasteiger partial charge in [-0.15, -0.1) is 0 Å². The van der Waals surface area contributed by atoms with E-state index in [0.29, 0.717) is 13.0 Å². The number of carboxylic acids is 1. The largest absolute Gasteiger partial charge is 0.481 e. The highest BCUT2D eigenvalue weighted by Crippen LogP contribution is 2.08. The summed E-state index contributed by atoms with van der Waals surface area (Å²) in [7, 11) is 0. The Bertz CT molecular complexity index is 354. The molecule has 1 atom stereocenters. The van der Waals surface area contributed by atoms with Crippen LogP contribution >= 0.6 is 0 Å². The van der Waals surface area contributed by atoms with E-state index in [2.05, 4.69) is 16.0 Å². The van der Waals surface area contributed by atoms with E-state index in [1.54, 1.807) is 13.8 Å². The van der Waals surface area contributed by atoms with Crippen molar-refractivity contribution in [1.29, 1.82) is 0 Å². The number of rotatable bonds is 4. The van der Waals surface area contributed by atoms with Gasteiger partial charge in [0.05, 0.1) is 6.42 Å². The summed E-state index contributed by atoms with van der Waals surface area (Å²) in [5, 5.41) is 16.4. The molecular formula is C11H19N3O4. The molecule has 0 aliphatic carbocycles. The lowest BCUT2D eigenvalue weighted by Gasteiger charge is -2.27. The molecule has 0 bridgehead atoms. The van der Waals surface area contributed by atoms with E-state index in [1.165, 1.54) is 0 Å². The Balaban J connectivity index is 2.45. The van der Waals surface area contributed by atoms with Crippen LogP contribution in [0.4, 0.5) is 4.79 Å². The van der Waals surface area contributed by atoms with Crippen LogP contribution in [0.2, 0.25) is 0 Å². The molecule has 1 heterocycles. The summed E-state index contributed by atoms with van der Waals surface area (Å²) in [5.41, 5.74) is -0.860. The fourth-order valence-electron chi connectivity index (χ4n) is 1.83. The van der Waals surface area contributed by atoms with Crippen LogP contribution in [-0.2, 0) is 9.59 Å².